The molecule has 0 bridgehead atoms. The van der Waals surface area contributed by atoms with Crippen LogP contribution in [-0.4, -0.2) is 25.9 Å². The topological polar surface area (TPSA) is 106 Å². The van der Waals surface area contributed by atoms with Crippen LogP contribution in [0.1, 0.15) is 72.6 Å². The SMILES string of the molecule is CC1c2ccccc2C(Cc2ccccc2)(Cc2ccccc2)n2cc3c(c21)C(=O)c1cccc(OP(=O)(O)O)c1C3=O. The van der Waals surface area contributed by atoms with Crippen LogP contribution in [0, 0.1) is 0 Å². The van der Waals surface area contributed by atoms with Gasteiger partial charge in [0.1, 0.15) is 5.75 Å². The zero-order valence-corrected chi connectivity index (χ0v) is 24.2. The summed E-state index contributed by atoms with van der Waals surface area (Å²) in [4.78, 5) is 47.5. The number of nitrogens with zero attached hydrogens (tertiary/aromatic N) is 1. The Morgan fingerprint density at radius 3 is 1.95 bits per heavy atom. The van der Waals surface area contributed by atoms with Crippen LogP contribution in [0.15, 0.2) is 109 Å². The van der Waals surface area contributed by atoms with Gasteiger partial charge in [-0.3, -0.25) is 19.4 Å². The molecule has 43 heavy (non-hydrogen) atoms. The lowest BCUT2D eigenvalue weighted by Gasteiger charge is -2.45. The number of benzene rings is 4. The summed E-state index contributed by atoms with van der Waals surface area (Å²) in [5.74, 6) is -1.38. The number of hydrogen-bond donors (Lipinski definition) is 2. The van der Waals surface area contributed by atoms with E-state index in [1.54, 1.807) is 6.20 Å². The normalized spacial score (nSPS) is 16.6. The van der Waals surface area contributed by atoms with Crippen molar-refractivity contribution in [1.82, 2.24) is 4.57 Å². The van der Waals surface area contributed by atoms with Crippen LogP contribution < -0.4 is 4.52 Å². The summed E-state index contributed by atoms with van der Waals surface area (Å²) in [7, 11) is -4.99. The quantitative estimate of drug-likeness (QED) is 0.217. The number of rotatable bonds is 6. The van der Waals surface area contributed by atoms with Gasteiger partial charge < -0.3 is 9.09 Å². The molecule has 1 aliphatic carbocycles. The molecule has 4 aromatic carbocycles. The van der Waals surface area contributed by atoms with E-state index in [1.807, 2.05) is 48.5 Å². The highest BCUT2D eigenvalue weighted by atomic mass is 31.2. The van der Waals surface area contributed by atoms with E-state index in [0.717, 1.165) is 27.9 Å². The van der Waals surface area contributed by atoms with Crippen molar-refractivity contribution in [2.75, 3.05) is 0 Å². The third kappa shape index (κ3) is 4.40. The summed E-state index contributed by atoms with van der Waals surface area (Å²) >= 11 is 0. The Balaban J connectivity index is 1.51. The van der Waals surface area contributed by atoms with Crippen LogP contribution in [0.25, 0.3) is 0 Å². The lowest BCUT2D eigenvalue weighted by atomic mass is 9.71. The van der Waals surface area contributed by atoms with Crippen molar-refractivity contribution in [1.29, 1.82) is 0 Å². The molecule has 1 aromatic heterocycles. The van der Waals surface area contributed by atoms with E-state index in [9.17, 15) is 23.9 Å². The summed E-state index contributed by atoms with van der Waals surface area (Å²) in [6, 6.07) is 32.9. The van der Waals surface area contributed by atoms with E-state index in [4.69, 9.17) is 4.52 Å². The van der Waals surface area contributed by atoms with Gasteiger partial charge in [0.05, 0.1) is 22.2 Å². The van der Waals surface area contributed by atoms with E-state index in [2.05, 4.69) is 47.9 Å². The number of aromatic nitrogens is 1. The largest absolute Gasteiger partial charge is 0.524 e. The van der Waals surface area contributed by atoms with E-state index < -0.39 is 19.1 Å². The van der Waals surface area contributed by atoms with Gasteiger partial charge in [-0.1, -0.05) is 104 Å². The molecule has 7 nitrogen and oxygen atoms in total. The minimum Gasteiger partial charge on any atom is -0.403 e. The van der Waals surface area contributed by atoms with Crippen LogP contribution in [0.5, 0.6) is 5.75 Å². The number of hydrogen-bond acceptors (Lipinski definition) is 4. The molecule has 0 saturated heterocycles. The summed E-state index contributed by atoms with van der Waals surface area (Å²) in [5, 5.41) is 0. The van der Waals surface area contributed by atoms with Crippen LogP contribution in [0.3, 0.4) is 0 Å². The maximum atomic E-state index is 14.3. The summed E-state index contributed by atoms with van der Waals surface area (Å²) in [6.07, 6.45) is 2.99. The van der Waals surface area contributed by atoms with E-state index in [-0.39, 0.29) is 34.1 Å². The fourth-order valence-corrected chi connectivity index (χ4v) is 7.41. The predicted molar refractivity (Wildman–Crippen MR) is 162 cm³/mol. The average molecular weight is 590 g/mol. The maximum absolute atomic E-state index is 14.3. The van der Waals surface area contributed by atoms with Gasteiger partial charge in [-0.25, -0.2) is 4.57 Å². The van der Waals surface area contributed by atoms with Crippen molar-refractivity contribution >= 4 is 19.4 Å². The molecule has 0 amide bonds. The van der Waals surface area contributed by atoms with Gasteiger partial charge in [0, 0.05) is 36.2 Å². The van der Waals surface area contributed by atoms with E-state index in [0.29, 0.717) is 18.4 Å². The van der Waals surface area contributed by atoms with Crippen molar-refractivity contribution in [2.24, 2.45) is 0 Å². The molecular formula is C35H28NO6P. The van der Waals surface area contributed by atoms with Crippen molar-refractivity contribution in [3.63, 3.8) is 0 Å². The van der Waals surface area contributed by atoms with Crippen LogP contribution in [0.2, 0.25) is 0 Å². The second-order valence-corrected chi connectivity index (χ2v) is 12.4. The maximum Gasteiger partial charge on any atom is 0.524 e. The third-order valence-electron chi connectivity index (χ3n) is 8.71. The average Bonchev–Trinajstić information content (AvgIpc) is 3.41. The summed E-state index contributed by atoms with van der Waals surface area (Å²) < 4.78 is 18.8. The Bertz CT molecular complexity index is 1920. The molecule has 1 unspecified atom stereocenters. The van der Waals surface area contributed by atoms with Crippen molar-refractivity contribution in [3.05, 3.63) is 160 Å². The first-order valence-corrected chi connectivity index (χ1v) is 15.6. The van der Waals surface area contributed by atoms with Crippen molar-refractivity contribution < 1.29 is 28.5 Å². The fourth-order valence-electron chi connectivity index (χ4n) is 7.01. The second kappa shape index (κ2) is 10.0. The van der Waals surface area contributed by atoms with Crippen LogP contribution >= 0.6 is 7.82 Å². The lowest BCUT2D eigenvalue weighted by molar-refractivity contribution is 0.0977. The van der Waals surface area contributed by atoms with E-state index >= 15 is 0 Å². The molecule has 2 N–H and O–H groups in total. The Labute approximate surface area is 248 Å². The Morgan fingerprint density at radius 2 is 1.33 bits per heavy atom. The zero-order chi connectivity index (χ0) is 29.9. The highest BCUT2D eigenvalue weighted by Crippen LogP contribution is 2.50. The first-order valence-electron chi connectivity index (χ1n) is 14.1. The van der Waals surface area contributed by atoms with Crippen LogP contribution in [-0.2, 0) is 22.9 Å². The van der Waals surface area contributed by atoms with Gasteiger partial charge in [-0.05, 0) is 28.3 Å². The molecule has 1 atom stereocenters. The van der Waals surface area contributed by atoms with Crippen LogP contribution in [0.4, 0.5) is 0 Å². The Hall–Kier alpha value is -4.55. The summed E-state index contributed by atoms with van der Waals surface area (Å²) in [6.45, 7) is 2.06. The molecule has 1 aliphatic heterocycles. The lowest BCUT2D eigenvalue weighted by Crippen LogP contribution is -2.44. The van der Waals surface area contributed by atoms with Gasteiger partial charge in [-0.15, -0.1) is 0 Å². The zero-order valence-electron chi connectivity index (χ0n) is 23.3. The Morgan fingerprint density at radius 1 is 0.744 bits per heavy atom. The minimum absolute atomic E-state index is 0.0697. The van der Waals surface area contributed by atoms with Gasteiger partial charge in [0.15, 0.2) is 11.6 Å². The Kier molecular flexibility index (Phi) is 6.36. The fraction of sp³-hybridized carbons (Fsp3) is 0.143. The van der Waals surface area contributed by atoms with Crippen molar-refractivity contribution in [2.45, 2.75) is 31.2 Å². The van der Waals surface area contributed by atoms with E-state index in [1.165, 1.54) is 18.2 Å². The molecule has 5 aromatic rings. The number of phosphoric acid groups is 1. The number of phosphoric ester groups is 1. The highest BCUT2D eigenvalue weighted by molar-refractivity contribution is 7.46. The standard InChI is InChI=1S/C35H28NO6P/c1-22-25-15-8-9-17-28(25)35(19-23-11-4-2-5-12-23,20-24-13-6-3-7-14-24)36-21-27-31(32(22)36)33(37)26-16-10-18-29(30(26)34(27)38)42-43(39,40)41/h2-18,21-22H,19-20H2,1H3,(H2,39,40,41). The van der Waals surface area contributed by atoms with Gasteiger partial charge in [0.2, 0.25) is 0 Å². The molecule has 0 fully saturated rings. The molecule has 8 heteroatoms. The number of ketones is 2. The first kappa shape index (κ1) is 27.3. The molecule has 0 saturated carbocycles. The second-order valence-electron chi connectivity index (χ2n) is 11.3. The minimum atomic E-state index is -4.99. The predicted octanol–water partition coefficient (Wildman–Crippen LogP) is 6.43. The number of fused-ring (bicyclic) bond motifs is 5. The smallest absolute Gasteiger partial charge is 0.403 e. The molecule has 0 radical (unpaired) electrons. The van der Waals surface area contributed by atoms with Gasteiger partial charge >= 0.3 is 7.82 Å². The first-order chi connectivity index (χ1) is 20.7. The molecule has 2 heterocycles. The molecule has 214 valence electrons. The highest BCUT2D eigenvalue weighted by Gasteiger charge is 2.48. The van der Waals surface area contributed by atoms with Gasteiger partial charge in [-0.2, -0.15) is 0 Å². The van der Waals surface area contributed by atoms with Gasteiger partial charge in [0.25, 0.3) is 0 Å². The summed E-state index contributed by atoms with van der Waals surface area (Å²) in [5.41, 5.74) is 4.98. The number of carbonyl (C=O) groups excluding carboxylic acids is 2. The molecule has 0 spiro atoms. The molecular weight excluding hydrogens is 561 g/mol. The monoisotopic (exact) mass is 589 g/mol. The number of carbonyl (C=O) groups is 2. The molecule has 7 rings (SSSR count). The molecule has 2 aliphatic rings. The van der Waals surface area contributed by atoms with Crippen molar-refractivity contribution in [3.8, 4) is 5.75 Å². The third-order valence-corrected chi connectivity index (χ3v) is 9.14.